The maximum absolute atomic E-state index is 12.6. The summed E-state index contributed by atoms with van der Waals surface area (Å²) < 4.78 is 40.7. The molecule has 4 aromatic rings. The van der Waals surface area contributed by atoms with Gasteiger partial charge in [0, 0.05) is 42.6 Å². The second kappa shape index (κ2) is 6.30. The van der Waals surface area contributed by atoms with Crippen molar-refractivity contribution in [3.8, 4) is 11.1 Å². The van der Waals surface area contributed by atoms with Crippen molar-refractivity contribution in [3.05, 3.63) is 72.1 Å². The number of hydrogen-bond donors (Lipinski definition) is 0. The lowest BCUT2D eigenvalue weighted by atomic mass is 9.98. The minimum atomic E-state index is -4.31. The van der Waals surface area contributed by atoms with Gasteiger partial charge in [-0.1, -0.05) is 12.1 Å². The van der Waals surface area contributed by atoms with Gasteiger partial charge < -0.3 is 4.57 Å². The van der Waals surface area contributed by atoms with Crippen LogP contribution in [0.3, 0.4) is 0 Å². The average molecular weight is 395 g/mol. The quantitative estimate of drug-likeness (QED) is 0.517. The van der Waals surface area contributed by atoms with Crippen molar-refractivity contribution >= 4 is 16.6 Å². The summed E-state index contributed by atoms with van der Waals surface area (Å²) in [5.41, 5.74) is 7.40. The third-order valence-corrected chi connectivity index (χ3v) is 5.10. The Morgan fingerprint density at radius 2 is 1.90 bits per heavy atom. The molecule has 0 N–H and O–H groups in total. The number of imidazole rings is 1. The molecule has 1 aromatic carbocycles. The Balaban J connectivity index is 1.51. The number of hydrogen-bond acceptors (Lipinski definition) is 3. The highest BCUT2D eigenvalue weighted by Crippen LogP contribution is 2.35. The second-order valence-electron chi connectivity index (χ2n) is 7.14. The van der Waals surface area contributed by atoms with Crippen LogP contribution >= 0.6 is 0 Å². The molecule has 1 aliphatic carbocycles. The fourth-order valence-corrected chi connectivity index (χ4v) is 3.71. The van der Waals surface area contributed by atoms with Crippen molar-refractivity contribution < 1.29 is 13.2 Å². The highest BCUT2D eigenvalue weighted by Gasteiger charge is 2.28. The number of allylic oxidation sites excluding steroid dienone is 1. The molecule has 0 saturated heterocycles. The molecule has 5 rings (SSSR count). The number of alkyl halides is 3. The van der Waals surface area contributed by atoms with Crippen LogP contribution in [-0.2, 0) is 20.0 Å². The zero-order chi connectivity index (χ0) is 20.2. The van der Waals surface area contributed by atoms with Gasteiger partial charge in [-0.3, -0.25) is 9.67 Å². The summed E-state index contributed by atoms with van der Waals surface area (Å²) in [6, 6.07) is 8.09. The van der Waals surface area contributed by atoms with E-state index in [0.29, 0.717) is 5.56 Å². The zero-order valence-electron chi connectivity index (χ0n) is 15.5. The average Bonchev–Trinajstić information content (AvgIpc) is 3.39. The number of benzene rings is 1. The fraction of sp³-hybridized carbons (Fsp3) is 0.190. The Bertz CT molecular complexity index is 1260. The van der Waals surface area contributed by atoms with Crippen LogP contribution in [0.1, 0.15) is 16.8 Å². The predicted molar refractivity (Wildman–Crippen MR) is 103 cm³/mol. The molecular formula is C21H16F3N5. The zero-order valence-corrected chi connectivity index (χ0v) is 15.5. The van der Waals surface area contributed by atoms with Crippen LogP contribution in [0.2, 0.25) is 0 Å². The minimum absolute atomic E-state index is 0.609. The summed E-state index contributed by atoms with van der Waals surface area (Å²) in [6.45, 7) is -1.11. The van der Waals surface area contributed by atoms with Crippen LogP contribution in [0.15, 0.2) is 55.3 Å². The van der Waals surface area contributed by atoms with Gasteiger partial charge in [-0.2, -0.15) is 18.3 Å². The van der Waals surface area contributed by atoms with E-state index in [9.17, 15) is 13.2 Å². The first-order valence-electron chi connectivity index (χ1n) is 9.08. The van der Waals surface area contributed by atoms with Crippen LogP contribution in [0.4, 0.5) is 13.2 Å². The molecule has 0 aliphatic heterocycles. The molecule has 0 radical (unpaired) electrons. The van der Waals surface area contributed by atoms with E-state index >= 15 is 0 Å². The van der Waals surface area contributed by atoms with Crippen LogP contribution in [-0.4, -0.2) is 30.5 Å². The number of pyridine rings is 1. The van der Waals surface area contributed by atoms with Gasteiger partial charge in [-0.15, -0.1) is 0 Å². The summed E-state index contributed by atoms with van der Waals surface area (Å²) >= 11 is 0. The number of nitrogens with zero attached hydrogens (tertiary/aromatic N) is 5. The van der Waals surface area contributed by atoms with E-state index in [1.807, 2.05) is 29.8 Å². The molecule has 0 unspecified atom stereocenters. The number of aryl methyl sites for hydroxylation is 1. The maximum Gasteiger partial charge on any atom is 0.408 e. The van der Waals surface area contributed by atoms with Crippen molar-refractivity contribution in [3.63, 3.8) is 0 Å². The summed E-state index contributed by atoms with van der Waals surface area (Å²) in [7, 11) is 1.95. The molecule has 0 fully saturated rings. The summed E-state index contributed by atoms with van der Waals surface area (Å²) in [5, 5.41) is 3.83. The highest BCUT2D eigenvalue weighted by molar-refractivity contribution is 5.89. The second-order valence-corrected chi connectivity index (χ2v) is 7.14. The summed E-state index contributed by atoms with van der Waals surface area (Å²) in [4.78, 5) is 8.89. The van der Waals surface area contributed by atoms with Gasteiger partial charge >= 0.3 is 6.18 Å². The largest absolute Gasteiger partial charge is 0.408 e. The number of fused-ring (bicyclic) bond motifs is 2. The van der Waals surface area contributed by atoms with Gasteiger partial charge in [0.2, 0.25) is 0 Å². The molecule has 8 heteroatoms. The molecular weight excluding hydrogens is 379 g/mol. The van der Waals surface area contributed by atoms with Crippen molar-refractivity contribution in [2.24, 2.45) is 7.05 Å². The molecule has 0 amide bonds. The van der Waals surface area contributed by atoms with Gasteiger partial charge in [0.25, 0.3) is 0 Å². The van der Waals surface area contributed by atoms with E-state index in [1.165, 1.54) is 12.4 Å². The van der Waals surface area contributed by atoms with Gasteiger partial charge in [0.15, 0.2) is 0 Å². The molecule has 146 valence electrons. The van der Waals surface area contributed by atoms with Gasteiger partial charge in [-0.25, -0.2) is 4.98 Å². The Morgan fingerprint density at radius 3 is 2.72 bits per heavy atom. The van der Waals surface area contributed by atoms with Crippen molar-refractivity contribution in [2.75, 3.05) is 0 Å². The molecule has 0 spiro atoms. The monoisotopic (exact) mass is 395 g/mol. The SMILES string of the molecule is Cn1cnc2ccc(C3=CCc4ncc(-c5cnn(CC(F)(F)F)c5)cc43)cc21. The Morgan fingerprint density at radius 1 is 1.03 bits per heavy atom. The third kappa shape index (κ3) is 3.20. The van der Waals surface area contributed by atoms with Crippen LogP contribution < -0.4 is 0 Å². The van der Waals surface area contributed by atoms with Crippen molar-refractivity contribution in [2.45, 2.75) is 19.1 Å². The van der Waals surface area contributed by atoms with E-state index in [2.05, 4.69) is 27.2 Å². The highest BCUT2D eigenvalue weighted by atomic mass is 19.4. The lowest BCUT2D eigenvalue weighted by molar-refractivity contribution is -0.142. The first-order chi connectivity index (χ1) is 13.9. The van der Waals surface area contributed by atoms with Crippen molar-refractivity contribution in [1.82, 2.24) is 24.3 Å². The number of halogens is 3. The van der Waals surface area contributed by atoms with Crippen LogP contribution in [0, 0.1) is 0 Å². The van der Waals surface area contributed by atoms with E-state index < -0.39 is 12.7 Å². The lowest BCUT2D eigenvalue weighted by Gasteiger charge is -2.09. The molecule has 1 aliphatic rings. The van der Waals surface area contributed by atoms with Gasteiger partial charge in [0.05, 0.1) is 29.3 Å². The molecule has 0 saturated carbocycles. The third-order valence-electron chi connectivity index (χ3n) is 5.10. The summed E-state index contributed by atoms with van der Waals surface area (Å²) in [5.74, 6) is 0. The van der Waals surface area contributed by atoms with Gasteiger partial charge in [-0.05, 0) is 29.3 Å². The normalized spacial score (nSPS) is 13.7. The standard InChI is InChI=1S/C21H16F3N5/c1-28-12-26-19-4-2-13(7-20(19)28)16-3-5-18-17(16)6-14(8-25-18)15-9-27-29(10-15)11-21(22,23)24/h2-4,6-10,12H,5,11H2,1H3. The Labute approximate surface area is 164 Å². The van der Waals surface area contributed by atoms with E-state index in [1.54, 1.807) is 12.5 Å². The van der Waals surface area contributed by atoms with E-state index in [4.69, 9.17) is 0 Å². The molecule has 5 nitrogen and oxygen atoms in total. The smallest absolute Gasteiger partial charge is 0.334 e. The minimum Gasteiger partial charge on any atom is -0.334 e. The molecule has 0 atom stereocenters. The maximum atomic E-state index is 12.6. The van der Waals surface area contributed by atoms with E-state index in [-0.39, 0.29) is 0 Å². The molecule has 3 aromatic heterocycles. The topological polar surface area (TPSA) is 48.5 Å². The molecule has 29 heavy (non-hydrogen) atoms. The first-order valence-corrected chi connectivity index (χ1v) is 9.08. The van der Waals surface area contributed by atoms with Crippen LogP contribution in [0.5, 0.6) is 0 Å². The Hall–Kier alpha value is -3.42. The molecule has 3 heterocycles. The number of rotatable bonds is 3. The van der Waals surface area contributed by atoms with E-state index in [0.717, 1.165) is 50.1 Å². The lowest BCUT2D eigenvalue weighted by Crippen LogP contribution is -2.17. The fourth-order valence-electron chi connectivity index (χ4n) is 3.71. The number of aromatic nitrogens is 5. The summed E-state index contributed by atoms with van der Waals surface area (Å²) in [6.07, 6.45) is 4.86. The van der Waals surface area contributed by atoms with Crippen molar-refractivity contribution in [1.29, 1.82) is 0 Å². The molecule has 0 bridgehead atoms. The van der Waals surface area contributed by atoms with Crippen LogP contribution in [0.25, 0.3) is 27.7 Å². The predicted octanol–water partition coefficient (Wildman–Crippen LogP) is 4.38. The van der Waals surface area contributed by atoms with Gasteiger partial charge in [0.1, 0.15) is 6.54 Å². The first kappa shape index (κ1) is 17.7. The Kier molecular flexibility index (Phi) is 3.84.